The molecule has 5 heteroatoms. The highest BCUT2D eigenvalue weighted by Gasteiger charge is 2.12. The molecule has 0 spiro atoms. The van der Waals surface area contributed by atoms with E-state index < -0.39 is 0 Å². The number of halogens is 2. The minimum atomic E-state index is -0.152. The summed E-state index contributed by atoms with van der Waals surface area (Å²) in [5, 5.41) is 4.11. The van der Waals surface area contributed by atoms with Crippen LogP contribution in [-0.4, -0.2) is 9.78 Å². The van der Waals surface area contributed by atoms with Crippen molar-refractivity contribution < 1.29 is 0 Å². The van der Waals surface area contributed by atoms with Gasteiger partial charge in [0.15, 0.2) is 0 Å². The van der Waals surface area contributed by atoms with Gasteiger partial charge in [-0.15, -0.1) is 0 Å². The second-order valence-electron chi connectivity index (χ2n) is 4.28. The molecule has 0 fully saturated rings. The number of rotatable bonds is 2. The normalized spacial score (nSPS) is 10.7. The van der Waals surface area contributed by atoms with Gasteiger partial charge in [0.05, 0.1) is 11.3 Å². The van der Waals surface area contributed by atoms with Gasteiger partial charge in [0.2, 0.25) is 0 Å². The molecule has 0 unspecified atom stereocenters. The fourth-order valence-electron chi connectivity index (χ4n) is 2.02. The Morgan fingerprint density at radius 3 is 2.30 bits per heavy atom. The first kappa shape index (κ1) is 13.0. The number of hydrogen-bond donors (Lipinski definition) is 1. The zero-order valence-corrected chi connectivity index (χ0v) is 11.8. The van der Waals surface area contributed by atoms with E-state index in [-0.39, 0.29) is 5.56 Å². The molecule has 1 aromatic heterocycles. The Morgan fingerprint density at radius 2 is 1.60 bits per heavy atom. The van der Waals surface area contributed by atoms with Crippen molar-refractivity contribution in [3.63, 3.8) is 0 Å². The summed E-state index contributed by atoms with van der Waals surface area (Å²) in [6, 6.07) is 14.3. The van der Waals surface area contributed by atoms with Crippen LogP contribution in [0.3, 0.4) is 0 Å². The predicted octanol–water partition coefficient (Wildman–Crippen LogP) is 4.14. The van der Waals surface area contributed by atoms with Gasteiger partial charge >= 0.3 is 0 Å². The van der Waals surface area contributed by atoms with Crippen LogP contribution in [0.2, 0.25) is 10.0 Å². The quantitative estimate of drug-likeness (QED) is 0.759. The van der Waals surface area contributed by atoms with Gasteiger partial charge in [-0.1, -0.05) is 41.4 Å². The lowest BCUT2D eigenvalue weighted by Gasteiger charge is -2.01. The van der Waals surface area contributed by atoms with Gasteiger partial charge < -0.3 is 0 Å². The maximum atomic E-state index is 12.4. The number of H-pyrrole nitrogens is 1. The molecule has 0 radical (unpaired) electrons. The standard InChI is InChI=1S/C15H10Cl2N2O/c16-10-5-7-11(8-6-10)19-15(20)13(9-18-19)12-3-1-2-4-14(12)17/h1-9,18H. The molecule has 0 atom stereocenters. The van der Waals surface area contributed by atoms with Crippen molar-refractivity contribution in [3.8, 4) is 16.8 Å². The lowest BCUT2D eigenvalue weighted by molar-refractivity contribution is 0.850. The molecule has 0 aliphatic carbocycles. The van der Waals surface area contributed by atoms with E-state index in [1.807, 2.05) is 18.2 Å². The number of nitrogens with one attached hydrogen (secondary N) is 1. The maximum Gasteiger partial charge on any atom is 0.279 e. The Morgan fingerprint density at radius 1 is 0.900 bits per heavy atom. The molecular formula is C15H10Cl2N2O. The van der Waals surface area contributed by atoms with Gasteiger partial charge in [-0.3, -0.25) is 9.89 Å². The van der Waals surface area contributed by atoms with Crippen LogP contribution in [0, 0.1) is 0 Å². The molecule has 3 rings (SSSR count). The SMILES string of the molecule is O=c1c(-c2ccccc2Cl)c[nH]n1-c1ccc(Cl)cc1. The highest BCUT2D eigenvalue weighted by atomic mass is 35.5. The second kappa shape index (κ2) is 5.19. The second-order valence-corrected chi connectivity index (χ2v) is 5.13. The van der Waals surface area contributed by atoms with E-state index in [4.69, 9.17) is 23.2 Å². The monoisotopic (exact) mass is 304 g/mol. The van der Waals surface area contributed by atoms with E-state index in [9.17, 15) is 4.79 Å². The number of nitrogens with zero attached hydrogens (tertiary/aromatic N) is 1. The minimum absolute atomic E-state index is 0.152. The molecule has 0 aliphatic heterocycles. The highest BCUT2D eigenvalue weighted by molar-refractivity contribution is 6.33. The average Bonchev–Trinajstić information content (AvgIpc) is 2.82. The first-order chi connectivity index (χ1) is 9.66. The summed E-state index contributed by atoms with van der Waals surface area (Å²) in [5.74, 6) is 0. The van der Waals surface area contributed by atoms with E-state index in [1.54, 1.807) is 36.5 Å². The van der Waals surface area contributed by atoms with Crippen molar-refractivity contribution in [2.24, 2.45) is 0 Å². The summed E-state index contributed by atoms with van der Waals surface area (Å²) in [7, 11) is 0. The van der Waals surface area contributed by atoms with Crippen molar-refractivity contribution in [1.29, 1.82) is 0 Å². The fourth-order valence-corrected chi connectivity index (χ4v) is 2.39. The first-order valence-corrected chi connectivity index (χ1v) is 6.73. The van der Waals surface area contributed by atoms with Gasteiger partial charge in [0, 0.05) is 21.8 Å². The Labute approximate surface area is 125 Å². The third kappa shape index (κ3) is 2.26. The molecule has 1 N–H and O–H groups in total. The number of benzene rings is 2. The highest BCUT2D eigenvalue weighted by Crippen LogP contribution is 2.25. The third-order valence-electron chi connectivity index (χ3n) is 3.02. The largest absolute Gasteiger partial charge is 0.298 e. The lowest BCUT2D eigenvalue weighted by Crippen LogP contribution is -2.15. The van der Waals surface area contributed by atoms with E-state index >= 15 is 0 Å². The summed E-state index contributed by atoms with van der Waals surface area (Å²) >= 11 is 12.0. The Balaban J connectivity index is 2.12. The minimum Gasteiger partial charge on any atom is -0.298 e. The van der Waals surface area contributed by atoms with Gasteiger partial charge in [0.25, 0.3) is 5.56 Å². The smallest absolute Gasteiger partial charge is 0.279 e. The third-order valence-corrected chi connectivity index (χ3v) is 3.60. The van der Waals surface area contributed by atoms with Crippen LogP contribution in [0.4, 0.5) is 0 Å². The van der Waals surface area contributed by atoms with Crippen molar-refractivity contribution >= 4 is 23.2 Å². The fraction of sp³-hybridized carbons (Fsp3) is 0. The van der Waals surface area contributed by atoms with Crippen LogP contribution in [0.1, 0.15) is 0 Å². The molecule has 100 valence electrons. The van der Waals surface area contributed by atoms with Crippen molar-refractivity contribution in [1.82, 2.24) is 9.78 Å². The summed E-state index contributed by atoms with van der Waals surface area (Å²) in [5.41, 5.74) is 1.81. The van der Waals surface area contributed by atoms with Crippen LogP contribution < -0.4 is 5.56 Å². The first-order valence-electron chi connectivity index (χ1n) is 5.98. The van der Waals surface area contributed by atoms with Gasteiger partial charge in [-0.25, -0.2) is 4.68 Å². The molecule has 0 saturated heterocycles. The van der Waals surface area contributed by atoms with E-state index in [2.05, 4.69) is 5.10 Å². The molecule has 0 bridgehead atoms. The molecule has 3 aromatic rings. The van der Waals surface area contributed by atoms with Crippen LogP contribution in [-0.2, 0) is 0 Å². The molecule has 0 aliphatic rings. The van der Waals surface area contributed by atoms with Crippen molar-refractivity contribution in [3.05, 3.63) is 75.1 Å². The van der Waals surface area contributed by atoms with Crippen molar-refractivity contribution in [2.75, 3.05) is 0 Å². The summed E-state index contributed by atoms with van der Waals surface area (Å²) in [6.07, 6.45) is 1.65. The van der Waals surface area contributed by atoms with Crippen molar-refractivity contribution in [2.45, 2.75) is 0 Å². The number of hydrogen-bond acceptors (Lipinski definition) is 1. The van der Waals surface area contributed by atoms with Crippen LogP contribution >= 0.6 is 23.2 Å². The molecule has 0 saturated carbocycles. The van der Waals surface area contributed by atoms with E-state index in [1.165, 1.54) is 4.68 Å². The van der Waals surface area contributed by atoms with Gasteiger partial charge in [-0.05, 0) is 30.3 Å². The number of aromatic nitrogens is 2. The zero-order chi connectivity index (χ0) is 14.1. The molecular weight excluding hydrogens is 295 g/mol. The molecule has 3 nitrogen and oxygen atoms in total. The maximum absolute atomic E-state index is 12.4. The average molecular weight is 305 g/mol. The molecule has 20 heavy (non-hydrogen) atoms. The Bertz CT molecular complexity index is 803. The predicted molar refractivity (Wildman–Crippen MR) is 81.8 cm³/mol. The zero-order valence-electron chi connectivity index (χ0n) is 10.3. The Hall–Kier alpha value is -1.97. The summed E-state index contributed by atoms with van der Waals surface area (Å²) < 4.78 is 1.45. The van der Waals surface area contributed by atoms with Crippen LogP contribution in [0.5, 0.6) is 0 Å². The van der Waals surface area contributed by atoms with Crippen LogP contribution in [0.15, 0.2) is 59.5 Å². The molecule has 1 heterocycles. The van der Waals surface area contributed by atoms with Gasteiger partial charge in [-0.2, -0.15) is 0 Å². The summed E-state index contributed by atoms with van der Waals surface area (Å²) in [6.45, 7) is 0. The summed E-state index contributed by atoms with van der Waals surface area (Å²) in [4.78, 5) is 12.4. The molecule has 0 amide bonds. The molecule has 2 aromatic carbocycles. The van der Waals surface area contributed by atoms with Gasteiger partial charge in [0.1, 0.15) is 0 Å². The number of aromatic amines is 1. The van der Waals surface area contributed by atoms with E-state index in [0.29, 0.717) is 21.2 Å². The van der Waals surface area contributed by atoms with E-state index in [0.717, 1.165) is 5.69 Å². The lowest BCUT2D eigenvalue weighted by atomic mass is 10.1. The Kier molecular flexibility index (Phi) is 3.38. The topological polar surface area (TPSA) is 37.8 Å². The van der Waals surface area contributed by atoms with Crippen LogP contribution in [0.25, 0.3) is 16.8 Å².